The van der Waals surface area contributed by atoms with Crippen LogP contribution in [0.5, 0.6) is 0 Å². The molecule has 0 radical (unpaired) electrons. The molecule has 2 aliphatic rings. The summed E-state index contributed by atoms with van der Waals surface area (Å²) in [5, 5.41) is 0. The maximum Gasteiger partial charge on any atom is 0.338 e. The van der Waals surface area contributed by atoms with Gasteiger partial charge in [0.15, 0.2) is 12.2 Å². The first-order valence-corrected chi connectivity index (χ1v) is 13.8. The van der Waals surface area contributed by atoms with Gasteiger partial charge in [-0.1, -0.05) is 91.9 Å². The Hall–Kier alpha value is -4.00. The van der Waals surface area contributed by atoms with Gasteiger partial charge in [-0.25, -0.2) is 9.59 Å². The molecule has 6 nitrogen and oxygen atoms in total. The molecule has 0 spiro atoms. The molecule has 0 aliphatic heterocycles. The molecule has 212 valence electrons. The summed E-state index contributed by atoms with van der Waals surface area (Å²) in [5.41, 5.74) is -0.572. The van der Waals surface area contributed by atoms with Crippen molar-refractivity contribution in [1.29, 1.82) is 0 Å². The van der Waals surface area contributed by atoms with Gasteiger partial charge in [0.1, 0.15) is 11.2 Å². The molecule has 3 aromatic rings. The molecule has 0 N–H and O–H groups in total. The number of aryl methyl sites for hydroxylation is 1. The molecule has 6 heteroatoms. The monoisotopic (exact) mass is 552 g/mol. The molecule has 6 atom stereocenters. The van der Waals surface area contributed by atoms with Crippen molar-refractivity contribution in [2.75, 3.05) is 14.2 Å². The molecule has 1 saturated carbocycles. The number of ether oxygens (including phenoxy) is 4. The van der Waals surface area contributed by atoms with Crippen molar-refractivity contribution >= 4 is 11.9 Å². The second-order valence-corrected chi connectivity index (χ2v) is 11.0. The third-order valence-electron chi connectivity index (χ3n) is 9.09. The third kappa shape index (κ3) is 4.52. The van der Waals surface area contributed by atoms with Crippen molar-refractivity contribution in [3.8, 4) is 0 Å². The number of fused-ring (bicyclic) bond motifs is 1. The predicted octanol–water partition coefficient (Wildman–Crippen LogP) is 6.46. The van der Waals surface area contributed by atoms with Crippen molar-refractivity contribution in [3.63, 3.8) is 0 Å². The van der Waals surface area contributed by atoms with Crippen LogP contribution in [0.15, 0.2) is 109 Å². The summed E-state index contributed by atoms with van der Waals surface area (Å²) in [4.78, 5) is 27.5. The highest BCUT2D eigenvalue weighted by atomic mass is 16.6. The first-order valence-electron chi connectivity index (χ1n) is 13.8. The average Bonchev–Trinajstić information content (AvgIpc) is 3.01. The lowest BCUT2D eigenvalue weighted by molar-refractivity contribution is -0.292. The largest absolute Gasteiger partial charge is 0.452 e. The van der Waals surface area contributed by atoms with E-state index >= 15 is 0 Å². The number of hydrogen-bond donors (Lipinski definition) is 0. The number of rotatable bonds is 7. The van der Waals surface area contributed by atoms with Crippen molar-refractivity contribution in [3.05, 3.63) is 131 Å². The van der Waals surface area contributed by atoms with Crippen molar-refractivity contribution in [1.82, 2.24) is 0 Å². The molecule has 0 bridgehead atoms. The van der Waals surface area contributed by atoms with Crippen LogP contribution >= 0.6 is 0 Å². The fourth-order valence-corrected chi connectivity index (χ4v) is 6.65. The molecule has 2 aliphatic carbocycles. The Morgan fingerprint density at radius 2 is 1.22 bits per heavy atom. The highest BCUT2D eigenvalue weighted by Gasteiger charge is 2.72. The Bertz CT molecular complexity index is 1460. The van der Waals surface area contributed by atoms with E-state index in [0.29, 0.717) is 11.1 Å². The second-order valence-electron chi connectivity index (χ2n) is 11.0. The smallest absolute Gasteiger partial charge is 0.338 e. The molecular formula is C35H36O6. The zero-order valence-corrected chi connectivity index (χ0v) is 24.1. The number of methoxy groups -OCH3 is 2. The van der Waals surface area contributed by atoms with Crippen molar-refractivity contribution in [2.45, 2.75) is 44.2 Å². The zero-order chi connectivity index (χ0) is 29.3. The fraction of sp³-hybridized carbons (Fsp3) is 0.314. The van der Waals surface area contributed by atoms with Gasteiger partial charge in [0.25, 0.3) is 0 Å². The predicted molar refractivity (Wildman–Crippen MR) is 156 cm³/mol. The summed E-state index contributed by atoms with van der Waals surface area (Å²) in [6, 6.07) is 25.4. The summed E-state index contributed by atoms with van der Waals surface area (Å²) < 4.78 is 25.7. The Morgan fingerprint density at radius 3 is 1.76 bits per heavy atom. The van der Waals surface area contributed by atoms with E-state index in [0.717, 1.165) is 11.1 Å². The molecule has 0 aromatic heterocycles. The van der Waals surface area contributed by atoms with E-state index in [1.807, 2.05) is 62.4 Å². The Morgan fingerprint density at radius 1 is 0.683 bits per heavy atom. The minimum atomic E-state index is -1.24. The minimum absolute atomic E-state index is 0.365. The van der Waals surface area contributed by atoms with Gasteiger partial charge in [-0.3, -0.25) is 0 Å². The Balaban J connectivity index is 1.77. The number of hydrogen-bond acceptors (Lipinski definition) is 6. The van der Waals surface area contributed by atoms with Gasteiger partial charge in [-0.2, -0.15) is 0 Å². The van der Waals surface area contributed by atoms with Crippen LogP contribution in [0.25, 0.3) is 0 Å². The van der Waals surface area contributed by atoms with E-state index in [9.17, 15) is 9.59 Å². The lowest BCUT2D eigenvalue weighted by Crippen LogP contribution is -2.75. The Kier molecular flexibility index (Phi) is 7.73. The number of carbonyl (C=O) groups excluding carboxylic acids is 2. The van der Waals surface area contributed by atoms with E-state index in [1.165, 1.54) is 0 Å². The molecule has 1 fully saturated rings. The standard InChI is InChI=1S/C35H36O6/c1-24-16-12-13-21-27(24)35(39-5)28-22-14-15-23-33(28,2)34(3,38-4)29(40-31(36)25-17-8-6-9-18-25)30(35)41-32(37)26-19-10-7-11-20-26/h6-23,28-30H,1-5H3. The van der Waals surface area contributed by atoms with Crippen LogP contribution in [0.3, 0.4) is 0 Å². The minimum Gasteiger partial charge on any atom is -0.452 e. The van der Waals surface area contributed by atoms with Gasteiger partial charge in [0.05, 0.1) is 11.1 Å². The highest BCUT2D eigenvalue weighted by molar-refractivity contribution is 5.90. The molecule has 3 aromatic carbocycles. The summed E-state index contributed by atoms with van der Waals surface area (Å²) in [5.74, 6) is -1.47. The highest BCUT2D eigenvalue weighted by Crippen LogP contribution is 2.62. The van der Waals surface area contributed by atoms with Crippen molar-refractivity contribution in [2.24, 2.45) is 11.3 Å². The van der Waals surface area contributed by atoms with E-state index in [4.69, 9.17) is 18.9 Å². The van der Waals surface area contributed by atoms with E-state index in [-0.39, 0.29) is 5.92 Å². The quantitative estimate of drug-likeness (QED) is 0.314. The van der Waals surface area contributed by atoms with Gasteiger partial charge >= 0.3 is 11.9 Å². The first kappa shape index (κ1) is 28.5. The van der Waals surface area contributed by atoms with Crippen LogP contribution in [0, 0.1) is 18.3 Å². The molecular weight excluding hydrogens is 516 g/mol. The SMILES string of the molecule is COC1(c2ccccc2C)C(OC(=O)c2ccccc2)C(OC(=O)c2ccccc2)C(C)(OC)C2(C)C=CC=CC12. The third-order valence-corrected chi connectivity index (χ3v) is 9.09. The summed E-state index contributed by atoms with van der Waals surface area (Å²) >= 11 is 0. The van der Waals surface area contributed by atoms with Crippen LogP contribution in [-0.4, -0.2) is 44.0 Å². The topological polar surface area (TPSA) is 71.1 Å². The first-order chi connectivity index (χ1) is 19.7. The van der Waals surface area contributed by atoms with Gasteiger partial charge < -0.3 is 18.9 Å². The maximum absolute atomic E-state index is 13.8. The van der Waals surface area contributed by atoms with E-state index in [1.54, 1.807) is 62.8 Å². The summed E-state index contributed by atoms with van der Waals surface area (Å²) in [7, 11) is 3.22. The summed E-state index contributed by atoms with van der Waals surface area (Å²) in [6.07, 6.45) is 5.94. The van der Waals surface area contributed by atoms with E-state index < -0.39 is 40.8 Å². The fourth-order valence-electron chi connectivity index (χ4n) is 6.65. The Labute approximate surface area is 241 Å². The number of carbonyl (C=O) groups is 2. The lowest BCUT2D eigenvalue weighted by atomic mass is 9.49. The molecule has 41 heavy (non-hydrogen) atoms. The normalized spacial score (nSPS) is 30.3. The zero-order valence-electron chi connectivity index (χ0n) is 24.1. The number of esters is 2. The van der Waals surface area contributed by atoms with Crippen molar-refractivity contribution < 1.29 is 28.5 Å². The second kappa shape index (κ2) is 11.1. The lowest BCUT2D eigenvalue weighted by Gasteiger charge is -2.64. The average molecular weight is 553 g/mol. The maximum atomic E-state index is 13.8. The van der Waals surface area contributed by atoms with Crippen LogP contribution in [0.4, 0.5) is 0 Å². The van der Waals surface area contributed by atoms with E-state index in [2.05, 4.69) is 19.1 Å². The molecule has 0 heterocycles. The number of benzene rings is 3. The van der Waals surface area contributed by atoms with Crippen LogP contribution < -0.4 is 0 Å². The summed E-state index contributed by atoms with van der Waals surface area (Å²) in [6.45, 7) is 5.99. The van der Waals surface area contributed by atoms with Crippen LogP contribution in [-0.2, 0) is 24.5 Å². The molecule has 0 amide bonds. The molecule has 5 rings (SSSR count). The van der Waals surface area contributed by atoms with Gasteiger partial charge in [0.2, 0.25) is 0 Å². The number of allylic oxidation sites excluding steroid dienone is 2. The molecule has 6 unspecified atom stereocenters. The van der Waals surface area contributed by atoms with Crippen LogP contribution in [0.2, 0.25) is 0 Å². The van der Waals surface area contributed by atoms with Crippen LogP contribution in [0.1, 0.15) is 45.7 Å². The van der Waals surface area contributed by atoms with Gasteiger partial charge in [0, 0.05) is 25.6 Å². The van der Waals surface area contributed by atoms with Gasteiger partial charge in [-0.05, 0) is 49.2 Å². The molecule has 0 saturated heterocycles. The van der Waals surface area contributed by atoms with Gasteiger partial charge in [-0.15, -0.1) is 0 Å².